The van der Waals surface area contributed by atoms with Gasteiger partial charge in [0.05, 0.1) is 18.0 Å². The van der Waals surface area contributed by atoms with Gasteiger partial charge >= 0.3 is 24.0 Å². The molecule has 2 aromatic heterocycles. The number of ether oxygens (including phenoxy) is 1. The Bertz CT molecular complexity index is 1230. The van der Waals surface area contributed by atoms with Gasteiger partial charge in [-0.05, 0) is 13.0 Å². The van der Waals surface area contributed by atoms with Crippen LogP contribution in [0.25, 0.3) is 11.0 Å². The summed E-state index contributed by atoms with van der Waals surface area (Å²) in [7, 11) is 0. The van der Waals surface area contributed by atoms with Crippen LogP contribution >= 0.6 is 11.6 Å². The number of hydrogen-bond acceptors (Lipinski definition) is 5. The number of hydrogen-bond donors (Lipinski definition) is 0. The van der Waals surface area contributed by atoms with Crippen molar-refractivity contribution >= 4 is 22.6 Å². The molecule has 0 fully saturated rings. The van der Waals surface area contributed by atoms with Crippen LogP contribution in [0.1, 0.15) is 22.9 Å². The van der Waals surface area contributed by atoms with Crippen molar-refractivity contribution in [1.82, 2.24) is 9.55 Å². The molecule has 1 aliphatic rings. The Morgan fingerprint density at radius 1 is 1.23 bits per heavy atom. The third kappa shape index (κ3) is 3.02. The molecule has 0 N–H and O–H groups in total. The summed E-state index contributed by atoms with van der Waals surface area (Å²) in [4.78, 5) is 14.6. The van der Waals surface area contributed by atoms with Crippen molar-refractivity contribution < 1.29 is 44.3 Å². The average molecular weight is 461 g/mol. The molecule has 0 aliphatic carbocycles. The van der Waals surface area contributed by atoms with E-state index in [0.717, 1.165) is 6.07 Å². The first-order valence-electron chi connectivity index (χ1n) is 8.04. The molecule has 1 aliphatic heterocycles. The molecule has 4 rings (SSSR count). The smallest absolute Gasteiger partial charge is 0.425 e. The van der Waals surface area contributed by atoms with E-state index in [1.165, 1.54) is 6.92 Å². The lowest BCUT2D eigenvalue weighted by Gasteiger charge is -2.32. The molecule has 0 unspecified atom stereocenters. The Morgan fingerprint density at radius 3 is 2.47 bits per heavy atom. The average Bonchev–Trinajstić information content (AvgIpc) is 3.10. The zero-order valence-corrected chi connectivity index (χ0v) is 15.3. The Balaban J connectivity index is 2.05. The molecule has 3 aromatic rings. The van der Waals surface area contributed by atoms with Crippen molar-refractivity contribution in [3.63, 3.8) is 0 Å². The fourth-order valence-corrected chi connectivity index (χ4v) is 3.37. The molecule has 0 spiro atoms. The summed E-state index contributed by atoms with van der Waals surface area (Å²) in [5.41, 5.74) is -1.85. The van der Waals surface area contributed by atoms with Crippen LogP contribution in [0.2, 0.25) is 5.02 Å². The lowest BCUT2D eigenvalue weighted by molar-refractivity contribution is -0.315. The van der Waals surface area contributed by atoms with Crippen LogP contribution in [0.3, 0.4) is 0 Å². The van der Waals surface area contributed by atoms with Gasteiger partial charge in [0.25, 0.3) is 0 Å². The monoisotopic (exact) mass is 460 g/mol. The highest BCUT2D eigenvalue weighted by Gasteiger charge is 2.62. The predicted octanol–water partition coefficient (Wildman–Crippen LogP) is 4.77. The van der Waals surface area contributed by atoms with Crippen molar-refractivity contribution in [2.45, 2.75) is 38.1 Å². The second-order valence-electron chi connectivity index (χ2n) is 6.50. The fourth-order valence-electron chi connectivity index (χ4n) is 3.11. The summed E-state index contributed by atoms with van der Waals surface area (Å²) in [5, 5.41) is -0.483. The number of benzene rings is 1. The standard InChI is InChI=1S/C16H8ClF7N2O4/c1-5-8(29-13(27)28-5)4-26-10-9(25-12(26)15(20,21)22)7(17)2-6-3-14(18,19)16(23,24)30-11(6)10/h2H,3-4H2,1H3. The molecule has 3 heterocycles. The molecule has 6 nitrogen and oxygen atoms in total. The largest absolute Gasteiger partial charge is 0.519 e. The Labute approximate surface area is 165 Å². The minimum absolute atomic E-state index is 0.177. The van der Waals surface area contributed by atoms with Crippen LogP contribution in [-0.2, 0) is 19.1 Å². The highest BCUT2D eigenvalue weighted by Crippen LogP contribution is 2.50. The molecule has 30 heavy (non-hydrogen) atoms. The van der Waals surface area contributed by atoms with E-state index in [9.17, 15) is 35.5 Å². The van der Waals surface area contributed by atoms with Crippen LogP contribution in [-0.4, -0.2) is 21.6 Å². The van der Waals surface area contributed by atoms with Gasteiger partial charge in [0.2, 0.25) is 5.82 Å². The fraction of sp³-hybridized carbons (Fsp3) is 0.375. The lowest BCUT2D eigenvalue weighted by atomic mass is 10.0. The van der Waals surface area contributed by atoms with E-state index < -0.39 is 70.2 Å². The first kappa shape index (κ1) is 20.6. The van der Waals surface area contributed by atoms with Crippen LogP contribution in [0.5, 0.6) is 5.75 Å². The van der Waals surface area contributed by atoms with Gasteiger partial charge in [-0.15, -0.1) is 0 Å². The number of halogens is 8. The lowest BCUT2D eigenvalue weighted by Crippen LogP contribution is -2.49. The molecule has 0 bridgehead atoms. The zero-order valence-electron chi connectivity index (χ0n) is 14.5. The van der Waals surface area contributed by atoms with E-state index in [-0.39, 0.29) is 11.5 Å². The van der Waals surface area contributed by atoms with Gasteiger partial charge in [-0.1, -0.05) is 11.6 Å². The molecule has 0 saturated heterocycles. The van der Waals surface area contributed by atoms with E-state index in [4.69, 9.17) is 11.6 Å². The minimum Gasteiger partial charge on any atom is -0.425 e. The van der Waals surface area contributed by atoms with Crippen LogP contribution in [0.4, 0.5) is 30.7 Å². The summed E-state index contributed by atoms with van der Waals surface area (Å²) in [6, 6.07) is 0.795. The molecule has 162 valence electrons. The quantitative estimate of drug-likeness (QED) is 0.515. The predicted molar refractivity (Wildman–Crippen MR) is 85.1 cm³/mol. The van der Waals surface area contributed by atoms with Gasteiger partial charge in [0.15, 0.2) is 11.5 Å². The summed E-state index contributed by atoms with van der Waals surface area (Å²) in [5.74, 6) is -8.90. The van der Waals surface area contributed by atoms with Crippen molar-refractivity contribution in [1.29, 1.82) is 0 Å². The first-order valence-corrected chi connectivity index (χ1v) is 8.42. The number of fused-ring (bicyclic) bond motifs is 3. The highest BCUT2D eigenvalue weighted by molar-refractivity contribution is 6.35. The molecule has 0 saturated carbocycles. The van der Waals surface area contributed by atoms with Gasteiger partial charge in [0, 0.05) is 5.56 Å². The van der Waals surface area contributed by atoms with Crippen molar-refractivity contribution in [3.05, 3.63) is 44.6 Å². The van der Waals surface area contributed by atoms with Crippen LogP contribution in [0, 0.1) is 6.92 Å². The maximum Gasteiger partial charge on any atom is 0.519 e. The summed E-state index contributed by atoms with van der Waals surface area (Å²) >= 11 is 5.91. The minimum atomic E-state index is -5.10. The highest BCUT2D eigenvalue weighted by atomic mass is 35.5. The molecule has 0 amide bonds. The third-order valence-corrected chi connectivity index (χ3v) is 4.75. The van der Waals surface area contributed by atoms with Gasteiger partial charge in [-0.3, -0.25) is 0 Å². The third-order valence-electron chi connectivity index (χ3n) is 4.46. The van der Waals surface area contributed by atoms with Crippen LogP contribution < -0.4 is 10.6 Å². The Hall–Kier alpha value is -2.70. The Morgan fingerprint density at radius 2 is 1.90 bits per heavy atom. The maximum absolute atomic E-state index is 13.8. The molecule has 0 atom stereocenters. The number of imidazole rings is 1. The molecular formula is C16H8ClF7N2O4. The zero-order chi connectivity index (χ0) is 22.2. The second-order valence-corrected chi connectivity index (χ2v) is 6.90. The first-order chi connectivity index (χ1) is 13.7. The van der Waals surface area contributed by atoms with E-state index in [2.05, 4.69) is 18.6 Å². The van der Waals surface area contributed by atoms with E-state index in [1.54, 1.807) is 0 Å². The van der Waals surface area contributed by atoms with E-state index in [0.29, 0.717) is 4.57 Å². The van der Waals surface area contributed by atoms with Crippen molar-refractivity contribution in [2.24, 2.45) is 0 Å². The number of aromatic nitrogens is 2. The Kier molecular flexibility index (Phi) is 4.22. The summed E-state index contributed by atoms with van der Waals surface area (Å²) in [6.07, 6.45) is -11.6. The summed E-state index contributed by atoms with van der Waals surface area (Å²) < 4.78 is 110. The number of aryl methyl sites for hydroxylation is 1. The van der Waals surface area contributed by atoms with E-state index >= 15 is 0 Å². The summed E-state index contributed by atoms with van der Waals surface area (Å²) in [6.45, 7) is 0.376. The van der Waals surface area contributed by atoms with Gasteiger partial charge in [-0.25, -0.2) is 9.78 Å². The van der Waals surface area contributed by atoms with Gasteiger partial charge in [0.1, 0.15) is 16.8 Å². The van der Waals surface area contributed by atoms with Crippen molar-refractivity contribution in [2.75, 3.05) is 0 Å². The normalized spacial score (nSPS) is 17.8. The van der Waals surface area contributed by atoms with Crippen LogP contribution in [0.15, 0.2) is 19.7 Å². The molecular weight excluding hydrogens is 453 g/mol. The SMILES string of the molecule is Cc1oc(=O)oc1Cn1c(C(F)(F)F)nc2c(Cl)cc3c(c21)OC(F)(F)C(F)(F)C3. The number of rotatable bonds is 2. The molecule has 14 heteroatoms. The maximum atomic E-state index is 13.8. The van der Waals surface area contributed by atoms with Gasteiger partial charge in [-0.2, -0.15) is 30.7 Å². The van der Waals surface area contributed by atoms with Gasteiger partial charge < -0.3 is 18.1 Å². The number of alkyl halides is 7. The second kappa shape index (κ2) is 6.15. The van der Waals surface area contributed by atoms with Crippen molar-refractivity contribution in [3.8, 4) is 5.75 Å². The molecule has 0 radical (unpaired) electrons. The molecule has 1 aromatic carbocycles. The topological polar surface area (TPSA) is 70.4 Å². The number of nitrogens with zero attached hydrogens (tertiary/aromatic N) is 2. The van der Waals surface area contributed by atoms with E-state index in [1.807, 2.05) is 0 Å².